The summed E-state index contributed by atoms with van der Waals surface area (Å²) in [5.41, 5.74) is 5.36. The number of rotatable bonds is 14. The van der Waals surface area contributed by atoms with Crippen LogP contribution < -0.4 is 20.9 Å². The third-order valence-electron chi connectivity index (χ3n) is 8.89. The Labute approximate surface area is 296 Å². The molecular formula is C36H34N8O8. The van der Waals surface area contributed by atoms with Crippen molar-refractivity contribution in [3.05, 3.63) is 107 Å². The van der Waals surface area contributed by atoms with Crippen molar-refractivity contribution in [3.8, 4) is 5.75 Å². The third-order valence-corrected chi connectivity index (χ3v) is 8.89. The summed E-state index contributed by atoms with van der Waals surface area (Å²) in [7, 11) is 0. The number of carbonyl (C=O) groups is 5. The molecule has 4 heterocycles. The van der Waals surface area contributed by atoms with Gasteiger partial charge in [0.1, 0.15) is 24.1 Å². The predicted molar refractivity (Wildman–Crippen MR) is 184 cm³/mol. The molecule has 0 radical (unpaired) electrons. The summed E-state index contributed by atoms with van der Waals surface area (Å²) >= 11 is 0. The number of imide groups is 2. The maximum absolute atomic E-state index is 13.3. The van der Waals surface area contributed by atoms with Gasteiger partial charge >= 0.3 is 0 Å². The quantitative estimate of drug-likeness (QED) is 0.0573. The van der Waals surface area contributed by atoms with Crippen LogP contribution in [0.25, 0.3) is 10.9 Å². The summed E-state index contributed by atoms with van der Waals surface area (Å²) < 4.78 is 15.2. The van der Waals surface area contributed by atoms with Gasteiger partial charge in [-0.05, 0) is 59.8 Å². The Kier molecular flexibility index (Phi) is 9.73. The minimum absolute atomic E-state index is 0.0491. The zero-order valence-electron chi connectivity index (χ0n) is 27.8. The number of benzene rings is 3. The van der Waals surface area contributed by atoms with Crippen molar-refractivity contribution in [2.45, 2.75) is 38.5 Å². The molecule has 7 rings (SSSR count). The van der Waals surface area contributed by atoms with Crippen LogP contribution in [0.2, 0.25) is 0 Å². The van der Waals surface area contributed by atoms with E-state index < -0.39 is 35.6 Å². The highest BCUT2D eigenvalue weighted by Gasteiger charge is 2.45. The summed E-state index contributed by atoms with van der Waals surface area (Å²) in [5.74, 6) is -2.10. The van der Waals surface area contributed by atoms with E-state index in [0.717, 1.165) is 21.4 Å². The van der Waals surface area contributed by atoms with Gasteiger partial charge in [0.15, 0.2) is 0 Å². The van der Waals surface area contributed by atoms with E-state index in [2.05, 4.69) is 20.9 Å². The number of aromatic nitrogens is 4. The Morgan fingerprint density at radius 3 is 2.63 bits per heavy atom. The van der Waals surface area contributed by atoms with Crippen molar-refractivity contribution in [1.82, 2.24) is 35.3 Å². The predicted octanol–water partition coefficient (Wildman–Crippen LogP) is 2.51. The zero-order valence-corrected chi connectivity index (χ0v) is 27.8. The number of ether oxygens (including phenoxy) is 2. The average molecular weight is 707 g/mol. The molecule has 1 fully saturated rings. The molecule has 0 bridgehead atoms. The fourth-order valence-corrected chi connectivity index (χ4v) is 6.27. The van der Waals surface area contributed by atoms with E-state index in [1.54, 1.807) is 46.7 Å². The van der Waals surface area contributed by atoms with E-state index in [9.17, 15) is 24.0 Å². The average Bonchev–Trinajstić information content (AvgIpc) is 3.85. The molecule has 2 aromatic heterocycles. The fraction of sp³-hybridized carbons (Fsp3) is 0.250. The molecule has 16 nitrogen and oxygen atoms in total. The van der Waals surface area contributed by atoms with E-state index in [0.29, 0.717) is 55.6 Å². The van der Waals surface area contributed by atoms with Gasteiger partial charge in [-0.1, -0.05) is 29.5 Å². The van der Waals surface area contributed by atoms with E-state index >= 15 is 0 Å². The minimum Gasteiger partial charge on any atom is -0.491 e. The van der Waals surface area contributed by atoms with Crippen LogP contribution in [0.3, 0.4) is 0 Å². The van der Waals surface area contributed by atoms with E-state index in [1.165, 1.54) is 0 Å². The molecule has 266 valence electrons. The number of nitrogens with zero attached hydrogens (tertiary/aromatic N) is 5. The molecular weight excluding hydrogens is 672 g/mol. The van der Waals surface area contributed by atoms with Crippen molar-refractivity contribution >= 4 is 46.1 Å². The van der Waals surface area contributed by atoms with Gasteiger partial charge in [0, 0.05) is 35.9 Å². The zero-order chi connectivity index (χ0) is 36.2. The lowest BCUT2D eigenvalue weighted by atomic mass is 10.0. The Hall–Kier alpha value is -6.39. The van der Waals surface area contributed by atoms with Crippen LogP contribution in [0.5, 0.6) is 5.75 Å². The Morgan fingerprint density at radius 2 is 1.83 bits per heavy atom. The fourth-order valence-electron chi connectivity index (χ4n) is 6.27. The SMILES string of the molecule is O=C1CCC(N2C(=O)c3cccc(NCc4cn(CCOCCOc5ccc(Cn6ccc7ccc(C(=O)NO)cc76)cc5)nn4)c3C2=O)C(=O)N1. The summed E-state index contributed by atoms with van der Waals surface area (Å²) in [4.78, 5) is 63.1. The highest BCUT2D eigenvalue weighted by molar-refractivity contribution is 6.25. The smallest absolute Gasteiger partial charge is 0.274 e. The monoisotopic (exact) mass is 706 g/mol. The normalized spacial score (nSPS) is 15.6. The lowest BCUT2D eigenvalue weighted by molar-refractivity contribution is -0.136. The molecule has 2 aliphatic rings. The van der Waals surface area contributed by atoms with E-state index in [4.69, 9.17) is 14.7 Å². The molecule has 5 aromatic rings. The van der Waals surface area contributed by atoms with Crippen molar-refractivity contribution in [1.29, 1.82) is 0 Å². The lowest BCUT2D eigenvalue weighted by Crippen LogP contribution is -2.54. The van der Waals surface area contributed by atoms with E-state index in [1.807, 2.05) is 47.2 Å². The van der Waals surface area contributed by atoms with Gasteiger partial charge in [-0.2, -0.15) is 0 Å². The second kappa shape index (κ2) is 14.8. The van der Waals surface area contributed by atoms with Crippen LogP contribution in [0.1, 0.15) is 55.2 Å². The number of carbonyl (C=O) groups excluding carboxylic acids is 5. The summed E-state index contributed by atoms with van der Waals surface area (Å²) in [6.07, 6.45) is 3.84. The van der Waals surface area contributed by atoms with Gasteiger partial charge in [-0.15, -0.1) is 5.10 Å². The molecule has 4 N–H and O–H groups in total. The molecule has 5 amide bonds. The standard InChI is InChI=1S/C36H34N8O8/c45-31-11-10-29(34(47)38-31)44-35(48)27-2-1-3-28(32(27)36(44)49)37-19-25-21-43(41-39-25)14-15-51-16-17-52-26-8-4-22(5-9-26)20-42-13-12-23-6-7-24(18-30(23)42)33(46)40-50/h1-9,12-13,18,21,29,37,50H,10-11,14-17,19-20H2,(H,40,46)(H,38,45,47). The first-order chi connectivity index (χ1) is 25.3. The van der Waals surface area contributed by atoms with Gasteiger partial charge in [0.05, 0.1) is 43.6 Å². The molecule has 2 aliphatic heterocycles. The van der Waals surface area contributed by atoms with Crippen LogP contribution >= 0.6 is 0 Å². The summed E-state index contributed by atoms with van der Waals surface area (Å²) in [5, 5.41) is 23.6. The second-order valence-electron chi connectivity index (χ2n) is 12.3. The van der Waals surface area contributed by atoms with Crippen LogP contribution in [0, 0.1) is 0 Å². The number of hydrogen-bond donors (Lipinski definition) is 4. The number of nitrogens with one attached hydrogen (secondary N) is 3. The Balaban J connectivity index is 0.838. The number of anilines is 1. The van der Waals surface area contributed by atoms with Crippen LogP contribution in [-0.2, 0) is 34.0 Å². The second-order valence-corrected chi connectivity index (χ2v) is 12.3. The molecule has 16 heteroatoms. The van der Waals surface area contributed by atoms with Crippen LogP contribution in [-0.4, -0.2) is 85.1 Å². The highest BCUT2D eigenvalue weighted by Crippen LogP contribution is 2.32. The highest BCUT2D eigenvalue weighted by atomic mass is 16.5. The lowest BCUT2D eigenvalue weighted by Gasteiger charge is -2.27. The van der Waals surface area contributed by atoms with Gasteiger partial charge in [-0.25, -0.2) is 10.2 Å². The summed E-state index contributed by atoms with van der Waals surface area (Å²) in [6.45, 7) is 2.38. The largest absolute Gasteiger partial charge is 0.491 e. The first-order valence-corrected chi connectivity index (χ1v) is 16.6. The number of fused-ring (bicyclic) bond motifs is 2. The first kappa shape index (κ1) is 34.1. The molecule has 52 heavy (non-hydrogen) atoms. The Bertz CT molecular complexity index is 2180. The summed E-state index contributed by atoms with van der Waals surface area (Å²) in [6, 6.07) is 18.8. The van der Waals surface area contributed by atoms with Gasteiger partial charge in [0.2, 0.25) is 11.8 Å². The molecule has 0 aliphatic carbocycles. The minimum atomic E-state index is -1.04. The van der Waals surface area contributed by atoms with Crippen molar-refractivity contribution in [2.75, 3.05) is 25.1 Å². The number of piperidine rings is 1. The topological polar surface area (TPSA) is 199 Å². The van der Waals surface area contributed by atoms with Crippen LogP contribution in [0.4, 0.5) is 5.69 Å². The number of hydroxylamine groups is 1. The van der Waals surface area contributed by atoms with Crippen molar-refractivity contribution in [3.63, 3.8) is 0 Å². The molecule has 1 saturated heterocycles. The first-order valence-electron chi connectivity index (χ1n) is 16.6. The number of amides is 5. The van der Waals surface area contributed by atoms with Crippen LogP contribution in [0.15, 0.2) is 79.1 Å². The van der Waals surface area contributed by atoms with Crippen molar-refractivity contribution in [2.24, 2.45) is 0 Å². The molecule has 3 aromatic carbocycles. The molecule has 0 spiro atoms. The van der Waals surface area contributed by atoms with Gasteiger partial charge in [0.25, 0.3) is 17.7 Å². The molecule has 1 unspecified atom stereocenters. The maximum Gasteiger partial charge on any atom is 0.274 e. The van der Waals surface area contributed by atoms with Gasteiger partial charge < -0.3 is 19.4 Å². The Morgan fingerprint density at radius 1 is 0.981 bits per heavy atom. The molecule has 0 saturated carbocycles. The van der Waals surface area contributed by atoms with E-state index in [-0.39, 0.29) is 30.5 Å². The molecule has 1 atom stereocenters. The maximum atomic E-state index is 13.3. The third kappa shape index (κ3) is 7.10. The van der Waals surface area contributed by atoms with Crippen molar-refractivity contribution < 1.29 is 38.7 Å². The number of hydrogen-bond acceptors (Lipinski definition) is 11. The van der Waals surface area contributed by atoms with Gasteiger partial charge in [-0.3, -0.25) is 39.4 Å².